The van der Waals surface area contributed by atoms with Gasteiger partial charge in [-0.3, -0.25) is 14.4 Å². The third-order valence-corrected chi connectivity index (χ3v) is 4.86. The number of carbonyl (C=O) groups excluding carboxylic acids is 2. The zero-order chi connectivity index (χ0) is 21.5. The summed E-state index contributed by atoms with van der Waals surface area (Å²) in [6.45, 7) is 0.284. The van der Waals surface area contributed by atoms with Gasteiger partial charge in [0.2, 0.25) is 6.79 Å². The molecule has 0 radical (unpaired) electrons. The first-order valence-corrected chi connectivity index (χ1v) is 9.90. The molecule has 0 saturated heterocycles. The maximum absolute atomic E-state index is 12.7. The van der Waals surface area contributed by atoms with Gasteiger partial charge in [0.25, 0.3) is 11.8 Å². The summed E-state index contributed by atoms with van der Waals surface area (Å²) < 4.78 is 11.2. The molecule has 3 rings (SSSR count). The van der Waals surface area contributed by atoms with E-state index in [1.807, 2.05) is 0 Å². The number of carboxylic acid groups (broad SMARTS) is 1. The average Bonchev–Trinajstić information content (AvgIpc) is 3.18. The number of carboxylic acids is 1. The maximum Gasteiger partial charge on any atom is 0.303 e. The Hall–Kier alpha value is -3.33. The molecule has 2 aromatic rings. The van der Waals surface area contributed by atoms with Crippen LogP contribution < -0.4 is 20.1 Å². The molecule has 2 aromatic carbocycles. The molecule has 156 valence electrons. The van der Waals surface area contributed by atoms with Crippen LogP contribution in [0.5, 0.6) is 11.5 Å². The first-order valence-electron chi connectivity index (χ1n) is 9.11. The van der Waals surface area contributed by atoms with Gasteiger partial charge in [0.1, 0.15) is 5.70 Å². The molecule has 0 aliphatic carbocycles. The summed E-state index contributed by atoms with van der Waals surface area (Å²) in [6.07, 6.45) is 1.73. The number of fused-ring (bicyclic) bond motifs is 1. The minimum absolute atomic E-state index is 0.0185. The van der Waals surface area contributed by atoms with Gasteiger partial charge in [-0.25, -0.2) is 0 Å². The van der Waals surface area contributed by atoms with Crippen LogP contribution in [-0.2, 0) is 9.59 Å². The fraction of sp³-hybridized carbons (Fsp3) is 0.190. The second-order valence-corrected chi connectivity index (χ2v) is 7.21. The van der Waals surface area contributed by atoms with Crippen LogP contribution in [0.2, 0.25) is 0 Å². The molecular formula is C21H19BrN2O6. The van der Waals surface area contributed by atoms with Crippen molar-refractivity contribution in [3.05, 3.63) is 63.8 Å². The number of aliphatic carboxylic acids is 1. The number of rotatable bonds is 8. The van der Waals surface area contributed by atoms with Crippen LogP contribution in [0, 0.1) is 0 Å². The fourth-order valence-corrected chi connectivity index (χ4v) is 3.16. The summed E-state index contributed by atoms with van der Waals surface area (Å²) in [5.41, 5.74) is 1.01. The summed E-state index contributed by atoms with van der Waals surface area (Å²) in [5, 5.41) is 14.0. The lowest BCUT2D eigenvalue weighted by Gasteiger charge is -2.12. The van der Waals surface area contributed by atoms with Crippen molar-refractivity contribution in [2.24, 2.45) is 0 Å². The van der Waals surface area contributed by atoms with Gasteiger partial charge in [-0.15, -0.1) is 0 Å². The lowest BCUT2D eigenvalue weighted by atomic mass is 10.1. The highest BCUT2D eigenvalue weighted by Crippen LogP contribution is 2.33. The molecule has 1 heterocycles. The molecule has 9 heteroatoms. The van der Waals surface area contributed by atoms with Crippen LogP contribution in [0.1, 0.15) is 28.8 Å². The van der Waals surface area contributed by atoms with Crippen molar-refractivity contribution in [1.82, 2.24) is 10.6 Å². The van der Waals surface area contributed by atoms with Gasteiger partial charge in [-0.05, 0) is 58.3 Å². The molecule has 8 nitrogen and oxygen atoms in total. The molecule has 0 aromatic heterocycles. The molecule has 0 saturated carbocycles. The third kappa shape index (κ3) is 5.60. The highest BCUT2D eigenvalue weighted by Gasteiger charge is 2.18. The van der Waals surface area contributed by atoms with Crippen LogP contribution in [0.15, 0.2) is 52.6 Å². The number of hydrogen-bond donors (Lipinski definition) is 3. The Balaban J connectivity index is 1.80. The van der Waals surface area contributed by atoms with E-state index in [0.717, 1.165) is 0 Å². The largest absolute Gasteiger partial charge is 0.481 e. The van der Waals surface area contributed by atoms with Crippen LogP contribution >= 0.6 is 15.9 Å². The van der Waals surface area contributed by atoms with Gasteiger partial charge >= 0.3 is 5.97 Å². The quantitative estimate of drug-likeness (QED) is 0.400. The first-order chi connectivity index (χ1) is 14.4. The SMILES string of the molecule is O=C(O)CCCNC(=O)/C(=C/c1ccc2c(c1)OCO2)NC(=O)c1ccccc1Br. The van der Waals surface area contributed by atoms with Crippen molar-refractivity contribution in [2.45, 2.75) is 12.8 Å². The zero-order valence-corrected chi connectivity index (χ0v) is 17.4. The monoisotopic (exact) mass is 474 g/mol. The average molecular weight is 475 g/mol. The van der Waals surface area contributed by atoms with E-state index in [0.29, 0.717) is 27.1 Å². The second kappa shape index (κ2) is 9.93. The first kappa shape index (κ1) is 21.4. The molecule has 0 bridgehead atoms. The van der Waals surface area contributed by atoms with Gasteiger partial charge in [0, 0.05) is 17.4 Å². The second-order valence-electron chi connectivity index (χ2n) is 6.36. The molecule has 0 fully saturated rings. The summed E-state index contributed by atoms with van der Waals surface area (Å²) in [7, 11) is 0. The van der Waals surface area contributed by atoms with Crippen molar-refractivity contribution >= 4 is 39.8 Å². The summed E-state index contributed by atoms with van der Waals surface area (Å²) >= 11 is 3.32. The van der Waals surface area contributed by atoms with Crippen molar-refractivity contribution in [3.63, 3.8) is 0 Å². The number of halogens is 1. The maximum atomic E-state index is 12.7. The summed E-state index contributed by atoms with van der Waals surface area (Å²) in [5.74, 6) is -0.789. The number of amides is 2. The van der Waals surface area contributed by atoms with Gasteiger partial charge in [0.05, 0.1) is 5.56 Å². The molecule has 30 heavy (non-hydrogen) atoms. The fourth-order valence-electron chi connectivity index (χ4n) is 2.70. The van der Waals surface area contributed by atoms with E-state index < -0.39 is 17.8 Å². The normalized spacial score (nSPS) is 12.4. The van der Waals surface area contributed by atoms with Crippen molar-refractivity contribution < 1.29 is 29.0 Å². The Morgan fingerprint density at radius 2 is 1.87 bits per heavy atom. The van der Waals surface area contributed by atoms with Crippen LogP contribution in [-0.4, -0.2) is 36.2 Å². The highest BCUT2D eigenvalue weighted by molar-refractivity contribution is 9.10. The number of benzene rings is 2. The third-order valence-electron chi connectivity index (χ3n) is 4.17. The molecule has 3 N–H and O–H groups in total. The van der Waals surface area contributed by atoms with E-state index in [1.54, 1.807) is 42.5 Å². The topological polar surface area (TPSA) is 114 Å². The van der Waals surface area contributed by atoms with Crippen LogP contribution in [0.4, 0.5) is 0 Å². The predicted molar refractivity (Wildman–Crippen MR) is 112 cm³/mol. The Morgan fingerprint density at radius 1 is 1.10 bits per heavy atom. The molecule has 0 spiro atoms. The van der Waals surface area contributed by atoms with Crippen LogP contribution in [0.3, 0.4) is 0 Å². The lowest BCUT2D eigenvalue weighted by molar-refractivity contribution is -0.137. The van der Waals surface area contributed by atoms with Gasteiger partial charge in [-0.1, -0.05) is 18.2 Å². The molecule has 0 atom stereocenters. The van der Waals surface area contributed by atoms with Crippen molar-refractivity contribution in [1.29, 1.82) is 0 Å². The number of nitrogens with one attached hydrogen (secondary N) is 2. The Labute approximate surface area is 181 Å². The molecule has 0 unspecified atom stereocenters. The van der Waals surface area contributed by atoms with Crippen molar-refractivity contribution in [3.8, 4) is 11.5 Å². The van der Waals surface area contributed by atoms with Gasteiger partial charge < -0.3 is 25.2 Å². The highest BCUT2D eigenvalue weighted by atomic mass is 79.9. The number of ether oxygens (including phenoxy) is 2. The molecule has 2 amide bonds. The van der Waals surface area contributed by atoms with E-state index >= 15 is 0 Å². The standard InChI is InChI=1S/C21H19BrN2O6/c22-15-5-2-1-4-14(15)20(27)24-16(21(28)23-9-3-6-19(25)26)10-13-7-8-17-18(11-13)30-12-29-17/h1-2,4-5,7-8,10-11H,3,6,9,12H2,(H,23,28)(H,24,27)(H,25,26)/b16-10-. The van der Waals surface area contributed by atoms with Crippen molar-refractivity contribution in [2.75, 3.05) is 13.3 Å². The Bertz CT molecular complexity index is 1000. The Kier molecular flexibility index (Phi) is 7.08. The minimum atomic E-state index is -0.942. The minimum Gasteiger partial charge on any atom is -0.481 e. The smallest absolute Gasteiger partial charge is 0.303 e. The number of carbonyl (C=O) groups is 3. The Morgan fingerprint density at radius 3 is 2.63 bits per heavy atom. The number of hydrogen-bond acceptors (Lipinski definition) is 5. The molecular weight excluding hydrogens is 456 g/mol. The summed E-state index contributed by atoms with van der Waals surface area (Å²) in [6, 6.07) is 12.0. The van der Waals surface area contributed by atoms with E-state index in [9.17, 15) is 14.4 Å². The van der Waals surface area contributed by atoms with Gasteiger partial charge in [0.15, 0.2) is 11.5 Å². The zero-order valence-electron chi connectivity index (χ0n) is 15.8. The van der Waals surface area contributed by atoms with Gasteiger partial charge in [-0.2, -0.15) is 0 Å². The predicted octanol–water partition coefficient (Wildman–Crippen LogP) is 2.93. The van der Waals surface area contributed by atoms with Crippen LogP contribution in [0.25, 0.3) is 6.08 Å². The molecule has 1 aliphatic heterocycles. The van der Waals surface area contributed by atoms with E-state index in [-0.39, 0.29) is 31.9 Å². The lowest BCUT2D eigenvalue weighted by Crippen LogP contribution is -2.35. The van der Waals surface area contributed by atoms with E-state index in [4.69, 9.17) is 14.6 Å². The van der Waals surface area contributed by atoms with E-state index in [1.165, 1.54) is 6.08 Å². The molecule has 1 aliphatic rings. The van der Waals surface area contributed by atoms with E-state index in [2.05, 4.69) is 26.6 Å². The summed E-state index contributed by atoms with van der Waals surface area (Å²) in [4.78, 5) is 36.0.